The zero-order valence-electron chi connectivity index (χ0n) is 10.9. The quantitative estimate of drug-likeness (QED) is 0.835. The van der Waals surface area contributed by atoms with Gasteiger partial charge in [-0.1, -0.05) is 23.8 Å². The van der Waals surface area contributed by atoms with Crippen LogP contribution in [0.25, 0.3) is 0 Å². The van der Waals surface area contributed by atoms with E-state index in [2.05, 4.69) is 42.3 Å². The molecule has 2 unspecified atom stereocenters. The highest BCUT2D eigenvalue weighted by Crippen LogP contribution is 2.28. The molecule has 0 aliphatic carbocycles. The van der Waals surface area contributed by atoms with Gasteiger partial charge in [-0.05, 0) is 49.9 Å². The Kier molecular flexibility index (Phi) is 2.93. The average Bonchev–Trinajstić information content (AvgIpc) is 2.83. The van der Waals surface area contributed by atoms with Crippen molar-refractivity contribution in [2.75, 3.05) is 26.2 Å². The van der Waals surface area contributed by atoms with Gasteiger partial charge in [-0.3, -0.25) is 4.90 Å². The molecular formula is C15H22N2. The topological polar surface area (TPSA) is 15.3 Å². The number of nitrogens with one attached hydrogen (secondary N) is 1. The van der Waals surface area contributed by atoms with E-state index in [0.29, 0.717) is 0 Å². The van der Waals surface area contributed by atoms with E-state index < -0.39 is 0 Å². The fourth-order valence-electron chi connectivity index (χ4n) is 3.29. The lowest BCUT2D eigenvalue weighted by Gasteiger charge is -2.18. The Balaban J connectivity index is 1.69. The molecule has 2 atom stereocenters. The van der Waals surface area contributed by atoms with E-state index >= 15 is 0 Å². The van der Waals surface area contributed by atoms with Crippen LogP contribution in [0.15, 0.2) is 18.2 Å². The van der Waals surface area contributed by atoms with Gasteiger partial charge in [0.15, 0.2) is 0 Å². The van der Waals surface area contributed by atoms with Crippen molar-refractivity contribution in [1.82, 2.24) is 10.2 Å². The van der Waals surface area contributed by atoms with Gasteiger partial charge in [0.05, 0.1) is 0 Å². The largest absolute Gasteiger partial charge is 0.316 e. The van der Waals surface area contributed by atoms with Crippen LogP contribution in [0.2, 0.25) is 0 Å². The van der Waals surface area contributed by atoms with Crippen molar-refractivity contribution in [2.24, 2.45) is 11.8 Å². The van der Waals surface area contributed by atoms with Crippen LogP contribution in [-0.4, -0.2) is 31.1 Å². The summed E-state index contributed by atoms with van der Waals surface area (Å²) in [6.45, 7) is 10.6. The molecule has 92 valence electrons. The summed E-state index contributed by atoms with van der Waals surface area (Å²) in [4.78, 5) is 2.64. The molecule has 0 saturated carbocycles. The molecule has 2 heterocycles. The van der Waals surface area contributed by atoms with Crippen molar-refractivity contribution in [1.29, 1.82) is 0 Å². The molecule has 2 aliphatic rings. The normalized spacial score (nSPS) is 28.6. The Morgan fingerprint density at radius 3 is 2.59 bits per heavy atom. The van der Waals surface area contributed by atoms with Crippen LogP contribution >= 0.6 is 0 Å². The lowest BCUT2D eigenvalue weighted by Crippen LogP contribution is -2.25. The fourth-order valence-corrected chi connectivity index (χ4v) is 3.29. The summed E-state index contributed by atoms with van der Waals surface area (Å²) in [6, 6.07) is 6.81. The molecule has 0 bridgehead atoms. The number of nitrogens with zero attached hydrogens (tertiary/aromatic N) is 1. The predicted octanol–water partition coefficient (Wildman–Crippen LogP) is 1.95. The molecule has 0 spiro atoms. The van der Waals surface area contributed by atoms with Crippen LogP contribution in [0.4, 0.5) is 0 Å². The molecule has 2 saturated heterocycles. The molecule has 0 aromatic heterocycles. The SMILES string of the molecule is Cc1ccc(C)c(CN2CC3CNCC3C2)c1. The summed E-state index contributed by atoms with van der Waals surface area (Å²) in [6.07, 6.45) is 0. The first-order valence-corrected chi connectivity index (χ1v) is 6.71. The lowest BCUT2D eigenvalue weighted by molar-refractivity contribution is 0.305. The van der Waals surface area contributed by atoms with Gasteiger partial charge < -0.3 is 5.32 Å². The highest BCUT2D eigenvalue weighted by molar-refractivity contribution is 5.30. The van der Waals surface area contributed by atoms with Crippen molar-refractivity contribution in [3.63, 3.8) is 0 Å². The third-order valence-corrected chi connectivity index (χ3v) is 4.36. The Morgan fingerprint density at radius 1 is 1.18 bits per heavy atom. The minimum atomic E-state index is 0.903. The zero-order chi connectivity index (χ0) is 11.8. The molecule has 0 radical (unpaired) electrons. The summed E-state index contributed by atoms with van der Waals surface area (Å²) < 4.78 is 0. The first kappa shape index (κ1) is 11.2. The smallest absolute Gasteiger partial charge is 0.0236 e. The van der Waals surface area contributed by atoms with E-state index in [0.717, 1.165) is 18.4 Å². The maximum atomic E-state index is 3.50. The maximum Gasteiger partial charge on any atom is 0.0236 e. The molecule has 1 aromatic carbocycles. The van der Waals surface area contributed by atoms with Crippen LogP contribution in [-0.2, 0) is 6.54 Å². The molecule has 2 nitrogen and oxygen atoms in total. The van der Waals surface area contributed by atoms with Gasteiger partial charge in [0.1, 0.15) is 0 Å². The lowest BCUT2D eigenvalue weighted by atomic mass is 10.0. The van der Waals surface area contributed by atoms with Crippen LogP contribution in [0.3, 0.4) is 0 Å². The van der Waals surface area contributed by atoms with E-state index in [1.807, 2.05) is 0 Å². The first-order chi connectivity index (χ1) is 8.22. The van der Waals surface area contributed by atoms with Crippen molar-refractivity contribution in [2.45, 2.75) is 20.4 Å². The molecule has 2 heteroatoms. The molecule has 1 aromatic rings. The van der Waals surface area contributed by atoms with Crippen molar-refractivity contribution in [3.8, 4) is 0 Å². The number of benzene rings is 1. The van der Waals surface area contributed by atoms with Crippen molar-refractivity contribution < 1.29 is 0 Å². The molecule has 1 N–H and O–H groups in total. The van der Waals surface area contributed by atoms with Gasteiger partial charge in [-0.25, -0.2) is 0 Å². The van der Waals surface area contributed by atoms with E-state index in [1.165, 1.54) is 42.9 Å². The number of rotatable bonds is 2. The van der Waals surface area contributed by atoms with Crippen LogP contribution < -0.4 is 5.32 Å². The van der Waals surface area contributed by atoms with Gasteiger partial charge in [0.2, 0.25) is 0 Å². The number of likely N-dealkylation sites (tertiary alicyclic amines) is 1. The van der Waals surface area contributed by atoms with Gasteiger partial charge >= 0.3 is 0 Å². The monoisotopic (exact) mass is 230 g/mol. The number of fused-ring (bicyclic) bond motifs is 1. The second-order valence-corrected chi connectivity index (χ2v) is 5.80. The maximum absolute atomic E-state index is 3.50. The van der Waals surface area contributed by atoms with Crippen LogP contribution in [0.5, 0.6) is 0 Å². The minimum Gasteiger partial charge on any atom is -0.316 e. The molecule has 17 heavy (non-hydrogen) atoms. The number of aryl methyl sites for hydroxylation is 2. The third-order valence-electron chi connectivity index (χ3n) is 4.36. The first-order valence-electron chi connectivity index (χ1n) is 6.71. The Labute approximate surface area is 104 Å². The highest BCUT2D eigenvalue weighted by atomic mass is 15.2. The van der Waals surface area contributed by atoms with E-state index in [9.17, 15) is 0 Å². The second kappa shape index (κ2) is 4.43. The Bertz CT molecular complexity index is 401. The van der Waals surface area contributed by atoms with Crippen molar-refractivity contribution >= 4 is 0 Å². The van der Waals surface area contributed by atoms with Crippen LogP contribution in [0, 0.1) is 25.7 Å². The minimum absolute atomic E-state index is 0.903. The summed E-state index contributed by atoms with van der Waals surface area (Å²) in [7, 11) is 0. The van der Waals surface area contributed by atoms with E-state index in [4.69, 9.17) is 0 Å². The molecule has 2 fully saturated rings. The van der Waals surface area contributed by atoms with Gasteiger partial charge in [0, 0.05) is 19.6 Å². The third kappa shape index (κ3) is 2.24. The van der Waals surface area contributed by atoms with E-state index in [1.54, 1.807) is 0 Å². The second-order valence-electron chi connectivity index (χ2n) is 5.80. The Hall–Kier alpha value is -0.860. The fraction of sp³-hybridized carbons (Fsp3) is 0.600. The summed E-state index contributed by atoms with van der Waals surface area (Å²) in [5, 5.41) is 3.50. The van der Waals surface area contributed by atoms with Gasteiger partial charge in [-0.15, -0.1) is 0 Å². The van der Waals surface area contributed by atoms with Crippen molar-refractivity contribution in [3.05, 3.63) is 34.9 Å². The number of hydrogen-bond acceptors (Lipinski definition) is 2. The molecule has 3 rings (SSSR count). The van der Waals surface area contributed by atoms with Gasteiger partial charge in [-0.2, -0.15) is 0 Å². The highest BCUT2D eigenvalue weighted by Gasteiger charge is 2.35. The molecule has 2 aliphatic heterocycles. The van der Waals surface area contributed by atoms with Gasteiger partial charge in [0.25, 0.3) is 0 Å². The Morgan fingerprint density at radius 2 is 1.88 bits per heavy atom. The summed E-state index contributed by atoms with van der Waals surface area (Å²) in [5.74, 6) is 1.81. The average molecular weight is 230 g/mol. The zero-order valence-corrected chi connectivity index (χ0v) is 10.9. The number of hydrogen-bond donors (Lipinski definition) is 1. The molecular weight excluding hydrogens is 208 g/mol. The summed E-state index contributed by atoms with van der Waals surface area (Å²) >= 11 is 0. The predicted molar refractivity (Wildman–Crippen MR) is 71.0 cm³/mol. The van der Waals surface area contributed by atoms with E-state index in [-0.39, 0.29) is 0 Å². The molecule has 0 amide bonds. The standard InChI is InChI=1S/C15H22N2/c1-11-3-4-12(2)13(5-11)8-17-9-14-6-16-7-15(14)10-17/h3-5,14-16H,6-10H2,1-2H3. The van der Waals surface area contributed by atoms with Crippen LogP contribution in [0.1, 0.15) is 16.7 Å². The summed E-state index contributed by atoms with van der Waals surface area (Å²) in [5.41, 5.74) is 4.33.